The normalized spacial score (nSPS) is 16.3. The minimum Gasteiger partial charge on any atom is -0.469 e. The van der Waals surface area contributed by atoms with E-state index in [4.69, 9.17) is 4.74 Å². The Balaban J connectivity index is 0.00000441. The van der Waals surface area contributed by atoms with E-state index in [0.717, 1.165) is 16.5 Å². The molecule has 1 fully saturated rings. The number of nitrogens with one attached hydrogen (secondary N) is 2. The summed E-state index contributed by atoms with van der Waals surface area (Å²) >= 11 is 0. The number of ether oxygens (including phenoxy) is 1. The van der Waals surface area contributed by atoms with Gasteiger partial charge in [0.2, 0.25) is 0 Å². The number of piperazine rings is 1. The van der Waals surface area contributed by atoms with Crippen molar-refractivity contribution in [2.24, 2.45) is 5.92 Å². The third kappa shape index (κ3) is 7.15. The molecule has 2 N–H and O–H groups in total. The second kappa shape index (κ2) is 12.6. The second-order valence-corrected chi connectivity index (χ2v) is 9.49. The molecule has 0 radical (unpaired) electrons. The van der Waals surface area contributed by atoms with Gasteiger partial charge in [0.25, 0.3) is 0 Å². The van der Waals surface area contributed by atoms with Gasteiger partial charge in [-0.25, -0.2) is 0 Å². The molecule has 4 rings (SSSR count). The number of nitrogens with zero attached hydrogens (tertiary/aromatic N) is 1. The molecule has 2 aromatic carbocycles. The fourth-order valence-corrected chi connectivity index (χ4v) is 5.08. The molecule has 0 spiro atoms. The Morgan fingerprint density at radius 2 is 1.57 bits per heavy atom. The van der Waals surface area contributed by atoms with Crippen LogP contribution in [-0.2, 0) is 28.3 Å². The number of carbonyl (C=O) groups excluding carboxylic acids is 2. The number of aromatic nitrogens is 1. The van der Waals surface area contributed by atoms with Gasteiger partial charge in [-0.15, -0.1) is 12.4 Å². The van der Waals surface area contributed by atoms with E-state index in [1.807, 2.05) is 24.3 Å². The number of fused-ring (bicyclic) bond motifs is 1. The number of halogens is 7. The van der Waals surface area contributed by atoms with Crippen LogP contribution in [0.1, 0.15) is 33.5 Å². The highest BCUT2D eigenvalue weighted by Crippen LogP contribution is 2.37. The topological polar surface area (TPSA) is 74.4 Å². The Morgan fingerprint density at radius 3 is 2.15 bits per heavy atom. The molecule has 6 nitrogen and oxygen atoms in total. The van der Waals surface area contributed by atoms with Gasteiger partial charge in [-0.3, -0.25) is 14.5 Å². The minimum atomic E-state index is -5.10. The Hall–Kier alpha value is -3.09. The number of Topliss-reactive ketones (excluding diaryl/α,β-unsaturated/α-hetero) is 1. The Morgan fingerprint density at radius 1 is 0.975 bits per heavy atom. The molecule has 0 amide bonds. The largest absolute Gasteiger partial charge is 0.469 e. The van der Waals surface area contributed by atoms with Crippen molar-refractivity contribution in [2.45, 2.75) is 31.2 Å². The van der Waals surface area contributed by atoms with Crippen LogP contribution >= 0.6 is 12.4 Å². The molecule has 0 saturated carbocycles. The fourth-order valence-electron chi connectivity index (χ4n) is 5.08. The number of hydrogen-bond donors (Lipinski definition) is 2. The lowest BCUT2D eigenvalue weighted by molar-refractivity contribution is -0.143. The van der Waals surface area contributed by atoms with Crippen molar-refractivity contribution in [3.63, 3.8) is 0 Å². The van der Waals surface area contributed by atoms with Crippen LogP contribution in [0.5, 0.6) is 0 Å². The maximum Gasteiger partial charge on any atom is 0.416 e. The zero-order valence-electron chi connectivity index (χ0n) is 21.4. The summed E-state index contributed by atoms with van der Waals surface area (Å²) in [5, 5.41) is 3.95. The van der Waals surface area contributed by atoms with Crippen LogP contribution in [0.15, 0.2) is 48.7 Å². The molecule has 218 valence electrons. The van der Waals surface area contributed by atoms with E-state index in [2.05, 4.69) is 10.3 Å². The van der Waals surface area contributed by atoms with E-state index in [0.29, 0.717) is 38.3 Å². The summed E-state index contributed by atoms with van der Waals surface area (Å²) in [5.41, 5.74) is -2.29. The van der Waals surface area contributed by atoms with Gasteiger partial charge >= 0.3 is 18.3 Å². The number of ketones is 1. The van der Waals surface area contributed by atoms with Crippen molar-refractivity contribution in [1.29, 1.82) is 0 Å². The molecule has 40 heavy (non-hydrogen) atoms. The third-order valence-corrected chi connectivity index (χ3v) is 6.95. The summed E-state index contributed by atoms with van der Waals surface area (Å²) < 4.78 is 86.3. The zero-order valence-corrected chi connectivity index (χ0v) is 22.2. The molecule has 2 heterocycles. The highest BCUT2D eigenvalue weighted by atomic mass is 35.5. The fraction of sp³-hybridized carbons (Fsp3) is 0.407. The van der Waals surface area contributed by atoms with E-state index in [-0.39, 0.29) is 31.3 Å². The van der Waals surface area contributed by atoms with Crippen molar-refractivity contribution >= 4 is 35.1 Å². The van der Waals surface area contributed by atoms with Crippen LogP contribution < -0.4 is 5.32 Å². The summed E-state index contributed by atoms with van der Waals surface area (Å²) in [7, 11) is 1.18. The van der Waals surface area contributed by atoms with Crippen molar-refractivity contribution in [1.82, 2.24) is 15.2 Å². The molecule has 1 aliphatic heterocycles. The molecule has 0 bridgehead atoms. The number of carbonyl (C=O) groups is 2. The molecule has 3 aromatic rings. The maximum atomic E-state index is 13.9. The average molecular weight is 592 g/mol. The maximum absolute atomic E-state index is 13.9. The molecular formula is C27H28ClF6N3O3. The monoisotopic (exact) mass is 591 g/mol. The molecule has 13 heteroatoms. The van der Waals surface area contributed by atoms with E-state index in [1.165, 1.54) is 7.11 Å². The Bertz CT molecular complexity index is 1300. The first-order chi connectivity index (χ1) is 18.4. The van der Waals surface area contributed by atoms with Crippen molar-refractivity contribution in [2.75, 3.05) is 33.3 Å². The minimum absolute atomic E-state index is 0. The summed E-state index contributed by atoms with van der Waals surface area (Å²) in [4.78, 5) is 31.2. The number of benzene rings is 2. The first-order valence-corrected chi connectivity index (χ1v) is 12.3. The van der Waals surface area contributed by atoms with E-state index in [1.54, 1.807) is 11.1 Å². The average Bonchev–Trinajstić information content (AvgIpc) is 3.30. The molecule has 2 atom stereocenters. The van der Waals surface area contributed by atoms with Crippen LogP contribution in [0.4, 0.5) is 26.3 Å². The lowest BCUT2D eigenvalue weighted by Crippen LogP contribution is -2.54. The number of para-hydroxylation sites is 1. The van der Waals surface area contributed by atoms with Gasteiger partial charge < -0.3 is 15.0 Å². The summed E-state index contributed by atoms with van der Waals surface area (Å²) in [6.45, 7) is 1.54. The number of esters is 1. The van der Waals surface area contributed by atoms with Crippen LogP contribution in [-0.4, -0.2) is 61.0 Å². The zero-order chi connectivity index (χ0) is 28.4. The number of methoxy groups -OCH3 is 1. The highest BCUT2D eigenvalue weighted by molar-refractivity contribution is 6.01. The van der Waals surface area contributed by atoms with E-state index >= 15 is 0 Å². The van der Waals surface area contributed by atoms with E-state index in [9.17, 15) is 35.9 Å². The highest BCUT2D eigenvalue weighted by Gasteiger charge is 2.41. The Labute approximate surface area is 232 Å². The van der Waals surface area contributed by atoms with Crippen molar-refractivity contribution < 1.29 is 40.7 Å². The smallest absolute Gasteiger partial charge is 0.416 e. The lowest BCUT2D eigenvalue weighted by atomic mass is 9.83. The SMILES string of the molecule is COC(=O)CC(Cc1c[nH]c2ccccc12)C(C(=O)c1cc(C(F)(F)F)cc(C(F)(F)F)c1)N1CCNCC1.Cl. The van der Waals surface area contributed by atoms with Crippen LogP contribution in [0, 0.1) is 5.92 Å². The molecular weight excluding hydrogens is 564 g/mol. The molecule has 0 aliphatic carbocycles. The number of alkyl halides is 6. The number of hydrogen-bond acceptors (Lipinski definition) is 5. The first kappa shape index (κ1) is 31.4. The van der Waals surface area contributed by atoms with E-state index < -0.39 is 52.8 Å². The standard InChI is InChI=1S/C27H27F6N3O3.ClH/c1-39-23(37)13-16(10-18-15-35-22-5-3-2-4-21(18)22)24(36-8-6-34-7-9-36)25(38)17-11-19(26(28,29)30)14-20(12-17)27(31,32)33;/h2-5,11-12,14-16,24,34-35H,6-10,13H2,1H3;1H. The first-order valence-electron chi connectivity index (χ1n) is 12.3. The van der Waals surface area contributed by atoms with Crippen molar-refractivity contribution in [3.8, 4) is 0 Å². The second-order valence-electron chi connectivity index (χ2n) is 9.49. The number of aromatic amines is 1. The van der Waals surface area contributed by atoms with Gasteiger partial charge in [0.1, 0.15) is 0 Å². The van der Waals surface area contributed by atoms with Gasteiger partial charge in [-0.2, -0.15) is 26.3 Å². The van der Waals surface area contributed by atoms with Crippen LogP contribution in [0.3, 0.4) is 0 Å². The number of rotatable bonds is 8. The molecule has 2 unspecified atom stereocenters. The van der Waals surface area contributed by atoms with Gasteiger partial charge in [0.15, 0.2) is 5.78 Å². The summed E-state index contributed by atoms with van der Waals surface area (Å²) in [6.07, 6.45) is -8.58. The van der Waals surface area contributed by atoms with Gasteiger partial charge in [-0.1, -0.05) is 18.2 Å². The molecule has 1 aliphatic rings. The third-order valence-electron chi connectivity index (χ3n) is 6.95. The molecule has 1 saturated heterocycles. The summed E-state index contributed by atoms with van der Waals surface area (Å²) in [5.74, 6) is -2.36. The summed E-state index contributed by atoms with van der Waals surface area (Å²) in [6, 6.07) is 7.05. The lowest BCUT2D eigenvalue weighted by Gasteiger charge is -2.38. The molecule has 1 aromatic heterocycles. The van der Waals surface area contributed by atoms with Gasteiger partial charge in [-0.05, 0) is 42.2 Å². The van der Waals surface area contributed by atoms with Crippen LogP contribution in [0.25, 0.3) is 10.9 Å². The quantitative estimate of drug-likeness (QED) is 0.205. The van der Waals surface area contributed by atoms with Crippen molar-refractivity contribution in [3.05, 3.63) is 70.9 Å². The predicted octanol–water partition coefficient (Wildman–Crippen LogP) is 5.51. The van der Waals surface area contributed by atoms with Crippen LogP contribution in [0.2, 0.25) is 0 Å². The van der Waals surface area contributed by atoms with Gasteiger partial charge in [0.05, 0.1) is 30.7 Å². The number of H-pyrrole nitrogens is 1. The Kier molecular flexibility index (Phi) is 9.91. The van der Waals surface area contributed by atoms with Gasteiger partial charge in [0, 0.05) is 48.8 Å². The predicted molar refractivity (Wildman–Crippen MR) is 138 cm³/mol.